The Morgan fingerprint density at radius 2 is 2.17 bits per heavy atom. The molecular weight excluding hydrogens is 310 g/mol. The summed E-state index contributed by atoms with van der Waals surface area (Å²) in [7, 11) is 0. The summed E-state index contributed by atoms with van der Waals surface area (Å²) in [6.07, 6.45) is 5.23. The molecule has 120 valence electrons. The Balaban J connectivity index is 1.45. The molecule has 1 aromatic carbocycles. The number of carbonyl (C=O) groups excluding carboxylic acids is 1. The van der Waals surface area contributed by atoms with E-state index in [4.69, 9.17) is 11.6 Å². The van der Waals surface area contributed by atoms with Gasteiger partial charge in [-0.25, -0.2) is 4.68 Å². The standard InChI is InChI=1S/C18H20ClN3O/c1-11-9-20-22(10-12-6-7-12)17(11)21-18(23)15-8-14(15)13-4-2-3-5-16(13)19/h2-5,9,12,14-15H,6-8,10H2,1H3,(H,21,23)/t14-,15-/m1/s1. The molecule has 2 fully saturated rings. The Morgan fingerprint density at radius 1 is 1.39 bits per heavy atom. The van der Waals surface area contributed by atoms with Crippen LogP contribution in [-0.4, -0.2) is 15.7 Å². The molecule has 0 unspecified atom stereocenters. The number of aromatic nitrogens is 2. The van der Waals surface area contributed by atoms with E-state index in [1.807, 2.05) is 42.1 Å². The number of carbonyl (C=O) groups is 1. The van der Waals surface area contributed by atoms with Crippen LogP contribution < -0.4 is 5.32 Å². The minimum absolute atomic E-state index is 0.0126. The molecule has 2 aromatic rings. The van der Waals surface area contributed by atoms with Gasteiger partial charge in [-0.15, -0.1) is 0 Å². The van der Waals surface area contributed by atoms with Gasteiger partial charge in [0.1, 0.15) is 5.82 Å². The van der Waals surface area contributed by atoms with Crippen molar-refractivity contribution < 1.29 is 4.79 Å². The third-order valence-electron chi connectivity index (χ3n) is 4.82. The Kier molecular flexibility index (Phi) is 3.64. The quantitative estimate of drug-likeness (QED) is 0.901. The summed E-state index contributed by atoms with van der Waals surface area (Å²) in [4.78, 5) is 12.6. The van der Waals surface area contributed by atoms with Crippen molar-refractivity contribution in [3.63, 3.8) is 0 Å². The second-order valence-electron chi connectivity index (χ2n) is 6.76. The van der Waals surface area contributed by atoms with Gasteiger partial charge in [0.15, 0.2) is 0 Å². The number of nitrogens with zero attached hydrogens (tertiary/aromatic N) is 2. The highest BCUT2D eigenvalue weighted by Gasteiger charge is 2.45. The van der Waals surface area contributed by atoms with Crippen molar-refractivity contribution >= 4 is 23.3 Å². The lowest BCUT2D eigenvalue weighted by atomic mass is 10.1. The van der Waals surface area contributed by atoms with Gasteiger partial charge in [0.25, 0.3) is 0 Å². The summed E-state index contributed by atoms with van der Waals surface area (Å²) in [5.41, 5.74) is 2.10. The summed E-state index contributed by atoms with van der Waals surface area (Å²) in [5.74, 6) is 1.91. The molecule has 1 N–H and O–H groups in total. The molecule has 4 nitrogen and oxygen atoms in total. The maximum Gasteiger partial charge on any atom is 0.229 e. The number of amides is 1. The van der Waals surface area contributed by atoms with Crippen molar-refractivity contribution in [1.82, 2.24) is 9.78 Å². The monoisotopic (exact) mass is 329 g/mol. The van der Waals surface area contributed by atoms with Crippen LogP contribution in [0.15, 0.2) is 30.5 Å². The van der Waals surface area contributed by atoms with Gasteiger partial charge in [-0.1, -0.05) is 29.8 Å². The molecule has 4 rings (SSSR count). The van der Waals surface area contributed by atoms with Gasteiger partial charge < -0.3 is 5.32 Å². The van der Waals surface area contributed by atoms with Crippen molar-refractivity contribution in [1.29, 1.82) is 0 Å². The highest BCUT2D eigenvalue weighted by Crippen LogP contribution is 2.50. The minimum atomic E-state index is 0.0126. The van der Waals surface area contributed by atoms with Gasteiger partial charge in [0.05, 0.1) is 6.20 Å². The van der Waals surface area contributed by atoms with Crippen LogP contribution in [0.5, 0.6) is 0 Å². The first-order valence-electron chi connectivity index (χ1n) is 8.21. The molecule has 0 saturated heterocycles. The number of benzene rings is 1. The lowest BCUT2D eigenvalue weighted by Gasteiger charge is -2.10. The predicted molar refractivity (Wildman–Crippen MR) is 90.6 cm³/mol. The van der Waals surface area contributed by atoms with Gasteiger partial charge in [0, 0.05) is 23.0 Å². The van der Waals surface area contributed by atoms with Crippen LogP contribution in [-0.2, 0) is 11.3 Å². The number of rotatable bonds is 5. The first kappa shape index (κ1) is 14.8. The smallest absolute Gasteiger partial charge is 0.229 e. The number of nitrogens with one attached hydrogen (secondary N) is 1. The lowest BCUT2D eigenvalue weighted by Crippen LogP contribution is -2.19. The topological polar surface area (TPSA) is 46.9 Å². The minimum Gasteiger partial charge on any atom is -0.310 e. The summed E-state index contributed by atoms with van der Waals surface area (Å²) in [5, 5.41) is 8.24. The zero-order valence-corrected chi connectivity index (χ0v) is 13.9. The van der Waals surface area contributed by atoms with E-state index < -0.39 is 0 Å². The van der Waals surface area contributed by atoms with Crippen molar-refractivity contribution in [3.05, 3.63) is 46.6 Å². The number of hydrogen-bond donors (Lipinski definition) is 1. The van der Waals surface area contributed by atoms with Crippen LogP contribution in [0, 0.1) is 18.8 Å². The summed E-state index contributed by atoms with van der Waals surface area (Å²) < 4.78 is 1.94. The number of hydrogen-bond acceptors (Lipinski definition) is 2. The van der Waals surface area contributed by atoms with Gasteiger partial charge in [-0.2, -0.15) is 5.10 Å². The van der Waals surface area contributed by atoms with Crippen LogP contribution in [0.1, 0.15) is 36.3 Å². The molecule has 5 heteroatoms. The molecule has 1 amide bonds. The third-order valence-corrected chi connectivity index (χ3v) is 5.17. The molecule has 0 spiro atoms. The Labute approximate surface area is 140 Å². The predicted octanol–water partition coefficient (Wildman–Crippen LogP) is 4.00. The van der Waals surface area contributed by atoms with E-state index in [0.29, 0.717) is 0 Å². The maximum absolute atomic E-state index is 12.6. The van der Waals surface area contributed by atoms with E-state index >= 15 is 0 Å². The fourth-order valence-corrected chi connectivity index (χ4v) is 3.41. The Morgan fingerprint density at radius 3 is 2.91 bits per heavy atom. The molecule has 0 aliphatic heterocycles. The zero-order valence-electron chi connectivity index (χ0n) is 13.1. The van der Waals surface area contributed by atoms with Crippen molar-refractivity contribution in [2.24, 2.45) is 11.8 Å². The number of anilines is 1. The van der Waals surface area contributed by atoms with Crippen molar-refractivity contribution in [2.45, 2.75) is 38.6 Å². The van der Waals surface area contributed by atoms with E-state index in [1.165, 1.54) is 12.8 Å². The lowest BCUT2D eigenvalue weighted by molar-refractivity contribution is -0.117. The largest absolute Gasteiger partial charge is 0.310 e. The second-order valence-corrected chi connectivity index (χ2v) is 7.17. The van der Waals surface area contributed by atoms with E-state index in [0.717, 1.165) is 40.9 Å². The number of aryl methyl sites for hydroxylation is 1. The SMILES string of the molecule is Cc1cnn(CC2CC2)c1NC(=O)[C@@H]1C[C@@H]1c1ccccc1Cl. The molecule has 23 heavy (non-hydrogen) atoms. The van der Waals surface area contributed by atoms with Crippen LogP contribution in [0.25, 0.3) is 0 Å². The van der Waals surface area contributed by atoms with E-state index in [-0.39, 0.29) is 17.7 Å². The summed E-state index contributed by atoms with van der Waals surface area (Å²) in [6, 6.07) is 7.80. The van der Waals surface area contributed by atoms with Crippen LogP contribution in [0.2, 0.25) is 5.02 Å². The summed E-state index contributed by atoms with van der Waals surface area (Å²) >= 11 is 6.24. The molecular formula is C18H20ClN3O. The third kappa shape index (κ3) is 3.00. The van der Waals surface area contributed by atoms with Gasteiger partial charge >= 0.3 is 0 Å². The molecule has 2 aliphatic carbocycles. The number of halogens is 1. The van der Waals surface area contributed by atoms with Gasteiger partial charge in [-0.3, -0.25) is 4.79 Å². The van der Waals surface area contributed by atoms with Crippen LogP contribution in [0.4, 0.5) is 5.82 Å². The fraction of sp³-hybridized carbons (Fsp3) is 0.444. The van der Waals surface area contributed by atoms with Crippen LogP contribution >= 0.6 is 11.6 Å². The normalized spacial score (nSPS) is 22.9. The van der Waals surface area contributed by atoms with Crippen molar-refractivity contribution in [3.8, 4) is 0 Å². The first-order chi connectivity index (χ1) is 11.1. The molecule has 0 radical (unpaired) electrons. The molecule has 0 bridgehead atoms. The van der Waals surface area contributed by atoms with Crippen LogP contribution in [0.3, 0.4) is 0 Å². The average Bonchev–Trinajstić information content (AvgIpc) is 3.43. The molecule has 2 aliphatic rings. The summed E-state index contributed by atoms with van der Waals surface area (Å²) in [6.45, 7) is 2.90. The van der Waals surface area contributed by atoms with E-state index in [9.17, 15) is 4.79 Å². The van der Waals surface area contributed by atoms with Gasteiger partial charge in [-0.05, 0) is 49.7 Å². The Bertz CT molecular complexity index is 750. The fourth-order valence-electron chi connectivity index (χ4n) is 3.14. The van der Waals surface area contributed by atoms with Gasteiger partial charge in [0.2, 0.25) is 5.91 Å². The molecule has 1 heterocycles. The zero-order chi connectivity index (χ0) is 16.0. The molecule has 1 aromatic heterocycles. The maximum atomic E-state index is 12.6. The molecule has 2 atom stereocenters. The highest BCUT2D eigenvalue weighted by atomic mass is 35.5. The Hall–Kier alpha value is -1.81. The van der Waals surface area contributed by atoms with E-state index in [2.05, 4.69) is 10.4 Å². The van der Waals surface area contributed by atoms with E-state index in [1.54, 1.807) is 0 Å². The molecule has 2 saturated carbocycles. The average molecular weight is 330 g/mol. The van der Waals surface area contributed by atoms with Crippen molar-refractivity contribution in [2.75, 3.05) is 5.32 Å². The second kappa shape index (κ2) is 5.68. The highest BCUT2D eigenvalue weighted by molar-refractivity contribution is 6.31. The first-order valence-corrected chi connectivity index (χ1v) is 8.59.